The third-order valence-corrected chi connectivity index (χ3v) is 7.95. The Balaban J connectivity index is 1.48. The fourth-order valence-electron chi connectivity index (χ4n) is 4.84. The number of amides is 1. The van der Waals surface area contributed by atoms with E-state index in [0.717, 1.165) is 48.1 Å². The highest BCUT2D eigenvalue weighted by Gasteiger charge is 2.29. The van der Waals surface area contributed by atoms with E-state index in [1.807, 2.05) is 42.8 Å². The van der Waals surface area contributed by atoms with Gasteiger partial charge in [0.25, 0.3) is 5.91 Å². The minimum atomic E-state index is -0.112. The first-order valence-electron chi connectivity index (χ1n) is 13.3. The first-order valence-corrected chi connectivity index (χ1v) is 14.2. The molecule has 1 aliphatic heterocycles. The third-order valence-electron chi connectivity index (χ3n) is 7.06. The summed E-state index contributed by atoms with van der Waals surface area (Å²) in [6.45, 7) is 13.1. The van der Waals surface area contributed by atoms with E-state index in [4.69, 9.17) is 14.7 Å². The van der Waals surface area contributed by atoms with Crippen LogP contribution in [-0.2, 0) is 4.74 Å². The van der Waals surface area contributed by atoms with E-state index in [1.54, 1.807) is 22.0 Å². The lowest BCUT2D eigenvalue weighted by Gasteiger charge is -2.39. The zero-order chi connectivity index (χ0) is 26.6. The van der Waals surface area contributed by atoms with E-state index in [2.05, 4.69) is 47.1 Å². The molecule has 0 aliphatic carbocycles. The molecule has 1 fully saturated rings. The van der Waals surface area contributed by atoms with Crippen molar-refractivity contribution in [2.75, 3.05) is 44.2 Å². The molecule has 4 aromatic heterocycles. The van der Waals surface area contributed by atoms with E-state index < -0.39 is 0 Å². The van der Waals surface area contributed by atoms with Gasteiger partial charge in [0.05, 0.1) is 34.1 Å². The molecule has 1 amide bonds. The molecule has 1 N–H and O–H groups in total. The minimum absolute atomic E-state index is 0.112. The number of ether oxygens (including phenoxy) is 1. The summed E-state index contributed by atoms with van der Waals surface area (Å²) in [5, 5.41) is 9.68. The highest BCUT2D eigenvalue weighted by molar-refractivity contribution is 7.13. The molecule has 4 aromatic rings. The molecule has 0 spiro atoms. The molecule has 5 rings (SSSR count). The fourth-order valence-corrected chi connectivity index (χ4v) is 5.54. The molecule has 10 heteroatoms. The Morgan fingerprint density at radius 1 is 1.18 bits per heavy atom. The van der Waals surface area contributed by atoms with Crippen LogP contribution in [0.15, 0.2) is 48.1 Å². The van der Waals surface area contributed by atoms with Gasteiger partial charge in [0.1, 0.15) is 5.82 Å². The summed E-state index contributed by atoms with van der Waals surface area (Å²) in [7, 11) is 0. The Labute approximate surface area is 227 Å². The third kappa shape index (κ3) is 5.43. The summed E-state index contributed by atoms with van der Waals surface area (Å²) in [6.07, 6.45) is 3.87. The lowest BCUT2D eigenvalue weighted by molar-refractivity contribution is 0.0427. The Morgan fingerprint density at radius 3 is 2.71 bits per heavy atom. The molecule has 1 atom stereocenters. The number of hydrogen-bond donors (Lipinski definition) is 1. The normalized spacial score (nSPS) is 14.7. The van der Waals surface area contributed by atoms with Gasteiger partial charge in [-0.2, -0.15) is 5.10 Å². The van der Waals surface area contributed by atoms with Crippen molar-refractivity contribution in [1.82, 2.24) is 29.8 Å². The van der Waals surface area contributed by atoms with Crippen LogP contribution in [0.5, 0.6) is 0 Å². The number of hydrogen-bond acceptors (Lipinski definition) is 8. The number of thiophene rings is 1. The Morgan fingerprint density at radius 2 is 2.00 bits per heavy atom. The van der Waals surface area contributed by atoms with Crippen LogP contribution in [0.3, 0.4) is 0 Å². The maximum absolute atomic E-state index is 13.4. The highest BCUT2D eigenvalue weighted by Crippen LogP contribution is 2.30. The molecular weight excluding hydrogens is 498 g/mol. The molecular formula is C28H35N7O2S. The summed E-state index contributed by atoms with van der Waals surface area (Å²) < 4.78 is 7.50. The second-order valence-electron chi connectivity index (χ2n) is 9.48. The van der Waals surface area contributed by atoms with Gasteiger partial charge in [-0.15, -0.1) is 11.3 Å². The fraction of sp³-hybridized carbons (Fsp3) is 0.429. The van der Waals surface area contributed by atoms with E-state index in [0.29, 0.717) is 30.1 Å². The van der Waals surface area contributed by atoms with Crippen molar-refractivity contribution >= 4 is 28.7 Å². The van der Waals surface area contributed by atoms with E-state index in [-0.39, 0.29) is 18.1 Å². The summed E-state index contributed by atoms with van der Waals surface area (Å²) >= 11 is 1.65. The summed E-state index contributed by atoms with van der Waals surface area (Å²) in [5.74, 6) is 0.647. The minimum Gasteiger partial charge on any atom is -0.375 e. The monoisotopic (exact) mass is 533 g/mol. The van der Waals surface area contributed by atoms with Crippen molar-refractivity contribution in [2.45, 2.75) is 39.8 Å². The number of carbonyl (C=O) groups is 1. The van der Waals surface area contributed by atoms with Gasteiger partial charge in [0.15, 0.2) is 5.65 Å². The van der Waals surface area contributed by atoms with Crippen molar-refractivity contribution in [3.05, 3.63) is 53.7 Å². The summed E-state index contributed by atoms with van der Waals surface area (Å²) in [5.41, 5.74) is 3.63. The number of carbonyl (C=O) groups excluding carboxylic acids is 1. The molecule has 0 radical (unpaired) electrons. The molecule has 1 unspecified atom stereocenters. The molecule has 0 saturated carbocycles. The van der Waals surface area contributed by atoms with Crippen molar-refractivity contribution < 1.29 is 9.53 Å². The lowest BCUT2D eigenvalue weighted by Crippen LogP contribution is -2.52. The Bertz CT molecular complexity index is 1380. The van der Waals surface area contributed by atoms with Crippen LogP contribution in [-0.4, -0.2) is 81.9 Å². The smallest absolute Gasteiger partial charge is 0.251 e. The number of likely N-dealkylation sites (N-methyl/N-ethyl adjacent to an activating group) is 1. The number of nitrogens with one attached hydrogen (secondary N) is 1. The van der Waals surface area contributed by atoms with Crippen LogP contribution in [0, 0.1) is 0 Å². The number of fused-ring (bicyclic) bond motifs is 1. The molecule has 0 bridgehead atoms. The number of anilines is 1. The highest BCUT2D eigenvalue weighted by atomic mass is 32.1. The maximum atomic E-state index is 13.4. The largest absolute Gasteiger partial charge is 0.375 e. The van der Waals surface area contributed by atoms with E-state index >= 15 is 0 Å². The number of rotatable bonds is 11. The van der Waals surface area contributed by atoms with Gasteiger partial charge in [-0.05, 0) is 56.6 Å². The van der Waals surface area contributed by atoms with Crippen LogP contribution in [0.4, 0.5) is 5.82 Å². The molecule has 5 heterocycles. The zero-order valence-electron chi connectivity index (χ0n) is 22.4. The van der Waals surface area contributed by atoms with Gasteiger partial charge in [0.2, 0.25) is 0 Å². The van der Waals surface area contributed by atoms with Gasteiger partial charge in [-0.25, -0.2) is 14.5 Å². The SMILES string of the molecule is CCOC1CN(c2cc(C(=O)NCC(C)N(CC)CC)cc(-c3cnn4ccc(-c5cccs5)nc34)n2)C1. The molecule has 38 heavy (non-hydrogen) atoms. The average Bonchev–Trinajstić information content (AvgIpc) is 3.59. The first-order chi connectivity index (χ1) is 18.5. The summed E-state index contributed by atoms with van der Waals surface area (Å²) in [6, 6.07) is 10.00. The molecule has 1 aliphatic rings. The van der Waals surface area contributed by atoms with Crippen LogP contribution in [0.2, 0.25) is 0 Å². The molecule has 1 saturated heterocycles. The van der Waals surface area contributed by atoms with E-state index in [1.165, 1.54) is 0 Å². The number of aromatic nitrogens is 4. The molecule has 9 nitrogen and oxygen atoms in total. The van der Waals surface area contributed by atoms with Crippen molar-refractivity contribution in [3.63, 3.8) is 0 Å². The average molecular weight is 534 g/mol. The first kappa shape index (κ1) is 26.3. The molecule has 0 aromatic carbocycles. The van der Waals surface area contributed by atoms with Gasteiger partial charge >= 0.3 is 0 Å². The van der Waals surface area contributed by atoms with Crippen molar-refractivity contribution in [2.24, 2.45) is 0 Å². The van der Waals surface area contributed by atoms with Crippen LogP contribution in [0.1, 0.15) is 38.1 Å². The quantitative estimate of drug-likeness (QED) is 0.309. The van der Waals surface area contributed by atoms with Crippen LogP contribution >= 0.6 is 11.3 Å². The predicted octanol–water partition coefficient (Wildman–Crippen LogP) is 4.21. The number of nitrogens with zero attached hydrogens (tertiary/aromatic N) is 6. The van der Waals surface area contributed by atoms with E-state index in [9.17, 15) is 4.79 Å². The van der Waals surface area contributed by atoms with Gasteiger partial charge in [0, 0.05) is 44.0 Å². The van der Waals surface area contributed by atoms with Gasteiger partial charge in [-0.3, -0.25) is 9.69 Å². The van der Waals surface area contributed by atoms with Crippen molar-refractivity contribution in [1.29, 1.82) is 0 Å². The maximum Gasteiger partial charge on any atom is 0.251 e. The standard InChI is InChI=1S/C28H35N7O2S/c1-5-33(6-2)19(4)15-29-28(36)20-13-24(31-26(14-20)34-17-21(18-34)37-7-3)22-16-30-35-11-10-23(32-27(22)35)25-9-8-12-38-25/h8-14,16,19,21H,5-7,15,17-18H2,1-4H3,(H,29,36). The Kier molecular flexibility index (Phi) is 8.01. The van der Waals surface area contributed by atoms with Gasteiger partial charge in [-0.1, -0.05) is 19.9 Å². The van der Waals surface area contributed by atoms with Crippen LogP contribution < -0.4 is 10.2 Å². The van der Waals surface area contributed by atoms with Gasteiger partial charge < -0.3 is 15.0 Å². The van der Waals surface area contributed by atoms with Crippen molar-refractivity contribution in [3.8, 4) is 21.8 Å². The lowest BCUT2D eigenvalue weighted by atomic mass is 10.1. The van der Waals surface area contributed by atoms with Crippen LogP contribution in [0.25, 0.3) is 27.5 Å². The summed E-state index contributed by atoms with van der Waals surface area (Å²) in [4.78, 5) is 28.8. The predicted molar refractivity (Wildman–Crippen MR) is 152 cm³/mol. The second kappa shape index (κ2) is 11.6. The zero-order valence-corrected chi connectivity index (χ0v) is 23.2. The topological polar surface area (TPSA) is 87.9 Å². The number of pyridine rings is 1. The Hall–Kier alpha value is -3.34. The second-order valence-corrected chi connectivity index (χ2v) is 10.4. The molecule has 200 valence electrons.